The Bertz CT molecular complexity index is 1220. The molecule has 2 heterocycles. The number of rotatable bonds is 9. The lowest BCUT2D eigenvalue weighted by Crippen LogP contribution is -2.23. The van der Waals surface area contributed by atoms with Crippen molar-refractivity contribution in [3.05, 3.63) is 95.5 Å². The third-order valence-corrected chi connectivity index (χ3v) is 5.79. The van der Waals surface area contributed by atoms with E-state index in [0.717, 1.165) is 21.9 Å². The van der Waals surface area contributed by atoms with Crippen molar-refractivity contribution in [2.45, 2.75) is 24.1 Å². The van der Waals surface area contributed by atoms with Crippen molar-refractivity contribution in [1.82, 2.24) is 15.5 Å². The summed E-state index contributed by atoms with van der Waals surface area (Å²) in [6, 6.07) is 20.3. The first-order valence-corrected chi connectivity index (χ1v) is 11.3. The van der Waals surface area contributed by atoms with Gasteiger partial charge in [0.2, 0.25) is 5.88 Å². The van der Waals surface area contributed by atoms with Crippen LogP contribution in [0, 0.1) is 6.92 Å². The van der Waals surface area contributed by atoms with Crippen molar-refractivity contribution in [3.8, 4) is 17.4 Å². The molecule has 0 unspecified atom stereocenters. The number of ether oxygens (including phenoxy) is 2. The number of benzene rings is 2. The lowest BCUT2D eigenvalue weighted by molar-refractivity contribution is 0.0948. The average molecular weight is 462 g/mol. The van der Waals surface area contributed by atoms with Crippen LogP contribution < -0.4 is 14.8 Å². The zero-order chi connectivity index (χ0) is 23.0. The van der Waals surface area contributed by atoms with Gasteiger partial charge < -0.3 is 19.3 Å². The van der Waals surface area contributed by atoms with Gasteiger partial charge in [0.25, 0.3) is 5.91 Å². The number of carbonyl (C=O) groups is 1. The summed E-state index contributed by atoms with van der Waals surface area (Å²) in [6.07, 6.45) is 1.68. The normalized spacial score (nSPS) is 10.6. The summed E-state index contributed by atoms with van der Waals surface area (Å²) < 4.78 is 16.2. The van der Waals surface area contributed by atoms with Crippen molar-refractivity contribution < 1.29 is 18.8 Å². The van der Waals surface area contributed by atoms with E-state index in [-0.39, 0.29) is 5.91 Å². The van der Waals surface area contributed by atoms with Crippen LogP contribution in [0.3, 0.4) is 0 Å². The lowest BCUT2D eigenvalue weighted by atomic mass is 10.2. The first-order chi connectivity index (χ1) is 16.1. The highest BCUT2D eigenvalue weighted by molar-refractivity contribution is 7.98. The van der Waals surface area contributed by atoms with Crippen LogP contribution >= 0.6 is 11.8 Å². The first kappa shape index (κ1) is 22.4. The van der Waals surface area contributed by atoms with Crippen LogP contribution in [0.2, 0.25) is 0 Å². The number of hydrogen-bond acceptors (Lipinski definition) is 7. The van der Waals surface area contributed by atoms with Gasteiger partial charge in [-0.1, -0.05) is 29.4 Å². The van der Waals surface area contributed by atoms with E-state index in [4.69, 9.17) is 14.0 Å². The molecular weight excluding hydrogens is 438 g/mol. The number of nitrogens with one attached hydrogen (secondary N) is 1. The van der Waals surface area contributed by atoms with Crippen LogP contribution in [0.4, 0.5) is 0 Å². The fourth-order valence-electron chi connectivity index (χ4n) is 3.05. The number of thioether (sulfide) groups is 1. The van der Waals surface area contributed by atoms with Gasteiger partial charge in [0, 0.05) is 35.8 Å². The summed E-state index contributed by atoms with van der Waals surface area (Å²) in [4.78, 5) is 18.0. The standard InChI is InChI=1S/C25H23N3O4S/c1-17-12-21(32-28-17)16-33-23-9-4-3-8-22(23)25(29)27-15-18-10-11-24(26-14-18)31-20-7-5-6-19(13-20)30-2/h3-14H,15-16H2,1-2H3,(H,27,29). The Hall–Kier alpha value is -3.78. The van der Waals surface area contributed by atoms with Gasteiger partial charge in [0.15, 0.2) is 0 Å². The quantitative estimate of drug-likeness (QED) is 0.334. The molecule has 2 aromatic carbocycles. The van der Waals surface area contributed by atoms with Crippen LogP contribution in [0.25, 0.3) is 0 Å². The summed E-state index contributed by atoms with van der Waals surface area (Å²) in [5.74, 6) is 3.03. The number of aryl methyl sites for hydroxylation is 1. The predicted octanol–water partition coefficient (Wildman–Crippen LogP) is 5.40. The molecule has 8 heteroatoms. The first-order valence-electron chi connectivity index (χ1n) is 10.3. The molecule has 1 amide bonds. The molecule has 4 aromatic rings. The molecular formula is C25H23N3O4S. The molecule has 2 aromatic heterocycles. The maximum absolute atomic E-state index is 12.8. The number of pyridine rings is 1. The third kappa shape index (κ3) is 6.14. The number of nitrogens with zero attached hydrogens (tertiary/aromatic N) is 2. The molecule has 0 radical (unpaired) electrons. The number of aromatic nitrogens is 2. The van der Waals surface area contributed by atoms with E-state index < -0.39 is 0 Å². The minimum atomic E-state index is -0.149. The zero-order valence-corrected chi connectivity index (χ0v) is 19.1. The molecule has 7 nitrogen and oxygen atoms in total. The predicted molar refractivity (Wildman–Crippen MR) is 126 cm³/mol. The minimum Gasteiger partial charge on any atom is -0.497 e. The van der Waals surface area contributed by atoms with E-state index >= 15 is 0 Å². The molecule has 0 aliphatic heterocycles. The Balaban J connectivity index is 1.34. The van der Waals surface area contributed by atoms with E-state index in [1.807, 2.05) is 61.5 Å². The Kier molecular flexibility index (Phi) is 7.26. The maximum atomic E-state index is 12.8. The summed E-state index contributed by atoms with van der Waals surface area (Å²) in [5.41, 5.74) is 2.32. The number of carbonyl (C=O) groups excluding carboxylic acids is 1. The van der Waals surface area contributed by atoms with Crippen LogP contribution in [-0.4, -0.2) is 23.2 Å². The Morgan fingerprint density at radius 3 is 2.67 bits per heavy atom. The van der Waals surface area contributed by atoms with Gasteiger partial charge in [-0.15, -0.1) is 11.8 Å². The van der Waals surface area contributed by atoms with Crippen molar-refractivity contribution in [2.75, 3.05) is 7.11 Å². The Morgan fingerprint density at radius 2 is 1.91 bits per heavy atom. The maximum Gasteiger partial charge on any atom is 0.252 e. The fourth-order valence-corrected chi connectivity index (χ4v) is 3.98. The van der Waals surface area contributed by atoms with E-state index in [2.05, 4.69) is 15.5 Å². The SMILES string of the molecule is COc1cccc(Oc2ccc(CNC(=O)c3ccccc3SCc3cc(C)no3)cn2)c1. The van der Waals surface area contributed by atoms with Crippen molar-refractivity contribution in [2.24, 2.45) is 0 Å². The van der Waals surface area contributed by atoms with Gasteiger partial charge in [0.1, 0.15) is 17.3 Å². The van der Waals surface area contributed by atoms with Crippen LogP contribution in [0.5, 0.6) is 17.4 Å². The summed E-state index contributed by atoms with van der Waals surface area (Å²) in [6.45, 7) is 2.23. The molecule has 0 atom stereocenters. The van der Waals surface area contributed by atoms with E-state index in [0.29, 0.717) is 35.2 Å². The van der Waals surface area contributed by atoms with E-state index in [9.17, 15) is 4.79 Å². The zero-order valence-electron chi connectivity index (χ0n) is 18.3. The van der Waals surface area contributed by atoms with Crippen molar-refractivity contribution in [1.29, 1.82) is 0 Å². The summed E-state index contributed by atoms with van der Waals surface area (Å²) in [5, 5.41) is 6.86. The van der Waals surface area contributed by atoms with Crippen molar-refractivity contribution >= 4 is 17.7 Å². The van der Waals surface area contributed by atoms with Gasteiger partial charge >= 0.3 is 0 Å². The van der Waals surface area contributed by atoms with Gasteiger partial charge in [-0.3, -0.25) is 4.79 Å². The number of hydrogen-bond donors (Lipinski definition) is 1. The second kappa shape index (κ2) is 10.7. The fraction of sp³-hybridized carbons (Fsp3) is 0.160. The molecule has 0 saturated heterocycles. The van der Waals surface area contributed by atoms with E-state index in [1.165, 1.54) is 11.8 Å². The second-order valence-electron chi connectivity index (χ2n) is 7.19. The largest absolute Gasteiger partial charge is 0.497 e. The van der Waals surface area contributed by atoms with E-state index in [1.54, 1.807) is 25.4 Å². The smallest absolute Gasteiger partial charge is 0.252 e. The van der Waals surface area contributed by atoms with Gasteiger partial charge in [0.05, 0.1) is 24.1 Å². The molecule has 168 valence electrons. The minimum absolute atomic E-state index is 0.149. The summed E-state index contributed by atoms with van der Waals surface area (Å²) >= 11 is 1.54. The highest BCUT2D eigenvalue weighted by Gasteiger charge is 2.12. The third-order valence-electron chi connectivity index (χ3n) is 4.69. The molecule has 0 bridgehead atoms. The highest BCUT2D eigenvalue weighted by Crippen LogP contribution is 2.27. The topological polar surface area (TPSA) is 86.5 Å². The van der Waals surface area contributed by atoms with Crippen molar-refractivity contribution in [3.63, 3.8) is 0 Å². The number of methoxy groups -OCH3 is 1. The molecule has 33 heavy (non-hydrogen) atoms. The van der Waals surface area contributed by atoms with Crippen LogP contribution in [0.15, 0.2) is 82.3 Å². The molecule has 4 rings (SSSR count). The number of amides is 1. The second-order valence-corrected chi connectivity index (χ2v) is 8.21. The molecule has 0 aliphatic carbocycles. The van der Waals surface area contributed by atoms with Gasteiger partial charge in [-0.05, 0) is 36.8 Å². The Labute approximate surface area is 196 Å². The van der Waals surface area contributed by atoms with Gasteiger partial charge in [-0.25, -0.2) is 4.98 Å². The average Bonchev–Trinajstić information content (AvgIpc) is 3.27. The van der Waals surface area contributed by atoms with Crippen LogP contribution in [-0.2, 0) is 12.3 Å². The molecule has 0 saturated carbocycles. The summed E-state index contributed by atoms with van der Waals surface area (Å²) in [7, 11) is 1.61. The Morgan fingerprint density at radius 1 is 1.06 bits per heavy atom. The highest BCUT2D eigenvalue weighted by atomic mass is 32.2. The molecule has 0 spiro atoms. The monoisotopic (exact) mass is 461 g/mol. The molecule has 0 fully saturated rings. The molecule has 1 N–H and O–H groups in total. The van der Waals surface area contributed by atoms with Crippen LogP contribution in [0.1, 0.15) is 27.4 Å². The van der Waals surface area contributed by atoms with Gasteiger partial charge in [-0.2, -0.15) is 0 Å². The molecule has 0 aliphatic rings. The lowest BCUT2D eigenvalue weighted by Gasteiger charge is -2.10.